The van der Waals surface area contributed by atoms with Gasteiger partial charge in [0.1, 0.15) is 5.75 Å². The van der Waals surface area contributed by atoms with Crippen LogP contribution < -0.4 is 10.5 Å². The molecule has 4 rings (SSSR count). The monoisotopic (exact) mass is 333 g/mol. The molecule has 2 aromatic carbocycles. The van der Waals surface area contributed by atoms with E-state index in [1.54, 1.807) is 11.1 Å². The number of amides is 1. The standard InChI is InChI=1S/C20H19N3O2/c21-18-9-11-23(20(18)24)13-14-6-7-15-8-10-22-19(17(15)12-14)25-16-4-2-1-3-5-16/h1-8,10,12,18H,9,11,13,21H2/t18-/m0/s1. The van der Waals surface area contributed by atoms with Crippen molar-refractivity contribution < 1.29 is 9.53 Å². The fourth-order valence-corrected chi connectivity index (χ4v) is 3.11. The molecule has 0 saturated carbocycles. The second-order valence-corrected chi connectivity index (χ2v) is 6.24. The maximum absolute atomic E-state index is 12.0. The summed E-state index contributed by atoms with van der Waals surface area (Å²) in [6, 6.07) is 17.3. The Hall–Kier alpha value is -2.92. The van der Waals surface area contributed by atoms with Gasteiger partial charge in [-0.3, -0.25) is 4.79 Å². The van der Waals surface area contributed by atoms with E-state index in [9.17, 15) is 4.79 Å². The lowest BCUT2D eigenvalue weighted by atomic mass is 10.1. The van der Waals surface area contributed by atoms with Crippen molar-refractivity contribution in [1.82, 2.24) is 9.88 Å². The number of hydrogen-bond donors (Lipinski definition) is 1. The predicted molar refractivity (Wildman–Crippen MR) is 96.3 cm³/mol. The van der Waals surface area contributed by atoms with Crippen LogP contribution in [0.2, 0.25) is 0 Å². The summed E-state index contributed by atoms with van der Waals surface area (Å²) in [5, 5.41) is 1.98. The molecule has 126 valence electrons. The summed E-state index contributed by atoms with van der Waals surface area (Å²) < 4.78 is 5.94. The fourth-order valence-electron chi connectivity index (χ4n) is 3.11. The van der Waals surface area contributed by atoms with E-state index in [1.165, 1.54) is 0 Å². The lowest BCUT2D eigenvalue weighted by molar-refractivity contribution is -0.129. The number of nitrogens with two attached hydrogens (primary N) is 1. The number of carbonyl (C=O) groups is 1. The SMILES string of the molecule is N[C@H]1CCN(Cc2ccc3ccnc(Oc4ccccc4)c3c2)C1=O. The molecule has 5 heteroatoms. The van der Waals surface area contributed by atoms with Gasteiger partial charge in [0.15, 0.2) is 0 Å². The van der Waals surface area contributed by atoms with Crippen LogP contribution in [0.15, 0.2) is 60.8 Å². The van der Waals surface area contributed by atoms with Gasteiger partial charge in [-0.25, -0.2) is 4.98 Å². The number of likely N-dealkylation sites (tertiary alicyclic amines) is 1. The van der Waals surface area contributed by atoms with Crippen molar-refractivity contribution in [2.24, 2.45) is 5.73 Å². The molecule has 1 amide bonds. The van der Waals surface area contributed by atoms with E-state index in [0.717, 1.165) is 28.5 Å². The predicted octanol–water partition coefficient (Wildman–Crippen LogP) is 3.09. The van der Waals surface area contributed by atoms with Crippen LogP contribution in [0, 0.1) is 0 Å². The smallest absolute Gasteiger partial charge is 0.239 e. The van der Waals surface area contributed by atoms with Crippen molar-refractivity contribution >= 4 is 16.7 Å². The largest absolute Gasteiger partial charge is 0.438 e. The average Bonchev–Trinajstić information content (AvgIpc) is 2.95. The van der Waals surface area contributed by atoms with Crippen molar-refractivity contribution in [2.45, 2.75) is 19.0 Å². The second-order valence-electron chi connectivity index (χ2n) is 6.24. The minimum Gasteiger partial charge on any atom is -0.438 e. The first-order valence-electron chi connectivity index (χ1n) is 8.35. The van der Waals surface area contributed by atoms with Gasteiger partial charge in [-0.1, -0.05) is 30.3 Å². The molecule has 1 fully saturated rings. The third-order valence-corrected chi connectivity index (χ3v) is 4.46. The van der Waals surface area contributed by atoms with E-state index < -0.39 is 0 Å². The fraction of sp³-hybridized carbons (Fsp3) is 0.200. The summed E-state index contributed by atoms with van der Waals surface area (Å²) in [6.45, 7) is 1.26. The molecule has 0 spiro atoms. The lowest BCUT2D eigenvalue weighted by Gasteiger charge is -2.16. The molecule has 0 aliphatic carbocycles. The van der Waals surface area contributed by atoms with E-state index in [-0.39, 0.29) is 11.9 Å². The van der Waals surface area contributed by atoms with Crippen molar-refractivity contribution in [3.8, 4) is 11.6 Å². The highest BCUT2D eigenvalue weighted by molar-refractivity contribution is 5.88. The van der Waals surface area contributed by atoms with E-state index in [1.807, 2.05) is 54.6 Å². The molecule has 3 aromatic rings. The number of ether oxygens (including phenoxy) is 1. The van der Waals surface area contributed by atoms with Gasteiger partial charge in [0, 0.05) is 24.7 Å². The maximum Gasteiger partial charge on any atom is 0.239 e. The third-order valence-electron chi connectivity index (χ3n) is 4.46. The zero-order valence-corrected chi connectivity index (χ0v) is 13.8. The van der Waals surface area contributed by atoms with Crippen molar-refractivity contribution in [2.75, 3.05) is 6.54 Å². The van der Waals surface area contributed by atoms with Gasteiger partial charge in [-0.05, 0) is 41.6 Å². The van der Waals surface area contributed by atoms with Crippen LogP contribution >= 0.6 is 0 Å². The number of carbonyl (C=O) groups excluding carboxylic acids is 1. The first-order chi connectivity index (χ1) is 12.2. The van der Waals surface area contributed by atoms with Crippen LogP contribution in [-0.2, 0) is 11.3 Å². The summed E-state index contributed by atoms with van der Waals surface area (Å²) in [7, 11) is 0. The number of pyridine rings is 1. The highest BCUT2D eigenvalue weighted by Gasteiger charge is 2.28. The first kappa shape index (κ1) is 15.6. The Morgan fingerprint density at radius 3 is 2.76 bits per heavy atom. The third kappa shape index (κ3) is 3.19. The zero-order valence-electron chi connectivity index (χ0n) is 13.8. The van der Waals surface area contributed by atoms with E-state index in [4.69, 9.17) is 10.5 Å². The second kappa shape index (κ2) is 6.53. The van der Waals surface area contributed by atoms with Crippen molar-refractivity contribution in [1.29, 1.82) is 0 Å². The molecule has 2 N–H and O–H groups in total. The van der Waals surface area contributed by atoms with E-state index in [2.05, 4.69) is 4.98 Å². The van der Waals surface area contributed by atoms with Gasteiger partial charge < -0.3 is 15.4 Å². The van der Waals surface area contributed by atoms with Crippen LogP contribution in [0.4, 0.5) is 0 Å². The molecule has 1 aliphatic rings. The number of para-hydroxylation sites is 1. The van der Waals surface area contributed by atoms with Crippen LogP contribution in [0.1, 0.15) is 12.0 Å². The zero-order chi connectivity index (χ0) is 17.2. The highest BCUT2D eigenvalue weighted by atomic mass is 16.5. The van der Waals surface area contributed by atoms with Crippen LogP contribution in [0.25, 0.3) is 10.8 Å². The Morgan fingerprint density at radius 1 is 1.16 bits per heavy atom. The molecule has 0 unspecified atom stereocenters. The molecule has 5 nitrogen and oxygen atoms in total. The Kier molecular flexibility index (Phi) is 4.07. The quantitative estimate of drug-likeness (QED) is 0.796. The minimum atomic E-state index is -0.362. The highest BCUT2D eigenvalue weighted by Crippen LogP contribution is 2.29. The summed E-state index contributed by atoms with van der Waals surface area (Å²) in [6.07, 6.45) is 2.46. The molecule has 2 heterocycles. The van der Waals surface area contributed by atoms with Gasteiger partial charge in [-0.2, -0.15) is 0 Å². The number of benzene rings is 2. The first-order valence-corrected chi connectivity index (χ1v) is 8.35. The molecular formula is C20H19N3O2. The van der Waals surface area contributed by atoms with Crippen molar-refractivity contribution in [3.63, 3.8) is 0 Å². The minimum absolute atomic E-state index is 0.0204. The van der Waals surface area contributed by atoms with Crippen molar-refractivity contribution in [3.05, 3.63) is 66.4 Å². The van der Waals surface area contributed by atoms with Gasteiger partial charge in [-0.15, -0.1) is 0 Å². The summed E-state index contributed by atoms with van der Waals surface area (Å²) >= 11 is 0. The van der Waals surface area contributed by atoms with Crippen LogP contribution in [-0.4, -0.2) is 28.4 Å². The molecule has 0 radical (unpaired) electrons. The Bertz CT molecular complexity index is 911. The summed E-state index contributed by atoms with van der Waals surface area (Å²) in [5.74, 6) is 1.33. The normalized spacial score (nSPS) is 17.2. The number of hydrogen-bond acceptors (Lipinski definition) is 4. The number of nitrogens with zero attached hydrogens (tertiary/aromatic N) is 2. The molecule has 1 aliphatic heterocycles. The molecular weight excluding hydrogens is 314 g/mol. The lowest BCUT2D eigenvalue weighted by Crippen LogP contribution is -2.33. The molecule has 25 heavy (non-hydrogen) atoms. The number of fused-ring (bicyclic) bond motifs is 1. The summed E-state index contributed by atoms with van der Waals surface area (Å²) in [4.78, 5) is 18.2. The van der Waals surface area contributed by atoms with Gasteiger partial charge >= 0.3 is 0 Å². The molecule has 1 aromatic heterocycles. The Morgan fingerprint density at radius 2 is 2.00 bits per heavy atom. The van der Waals surface area contributed by atoms with Gasteiger partial charge in [0.05, 0.1) is 6.04 Å². The summed E-state index contributed by atoms with van der Waals surface area (Å²) in [5.41, 5.74) is 6.84. The number of aromatic nitrogens is 1. The van der Waals surface area contributed by atoms with E-state index >= 15 is 0 Å². The Labute approximate surface area is 146 Å². The van der Waals surface area contributed by atoms with E-state index in [0.29, 0.717) is 19.0 Å². The van der Waals surface area contributed by atoms with Crippen LogP contribution in [0.5, 0.6) is 11.6 Å². The topological polar surface area (TPSA) is 68.4 Å². The van der Waals surface area contributed by atoms with Gasteiger partial charge in [0.2, 0.25) is 11.8 Å². The molecule has 0 bridgehead atoms. The van der Waals surface area contributed by atoms with Gasteiger partial charge in [0.25, 0.3) is 0 Å². The molecule has 1 atom stereocenters. The average molecular weight is 333 g/mol. The van der Waals surface area contributed by atoms with Crippen LogP contribution in [0.3, 0.4) is 0 Å². The molecule has 1 saturated heterocycles. The maximum atomic E-state index is 12.0. The number of rotatable bonds is 4. The Balaban J connectivity index is 1.65.